The van der Waals surface area contributed by atoms with Crippen LogP contribution in [0.5, 0.6) is 0 Å². The minimum absolute atomic E-state index is 0.828. The second kappa shape index (κ2) is 2.36. The fourth-order valence-corrected chi connectivity index (χ4v) is 1.63. The Hall–Kier alpha value is -1.77. The summed E-state index contributed by atoms with van der Waals surface area (Å²) in [6, 6.07) is 4.00. The van der Waals surface area contributed by atoms with Crippen LogP contribution in [0.2, 0.25) is 0 Å². The quantitative estimate of drug-likeness (QED) is 0.546. The zero-order valence-corrected chi connectivity index (χ0v) is 6.94. The Bertz CT molecular complexity index is 538. The second-order valence-electron chi connectivity index (χ2n) is 3.02. The number of hydrogen-bond acceptors (Lipinski definition) is 3. The summed E-state index contributed by atoms with van der Waals surface area (Å²) in [7, 11) is 0. The monoisotopic (exact) mass is 169 g/mol. The summed E-state index contributed by atoms with van der Waals surface area (Å²) in [5.74, 6) is 0. The standard InChI is InChI=1S/C10H7N3/c1-2-8-7-3-5-11-6-9(7)13-10(8)12-4-1/h1-2,4-6H,3H2. The van der Waals surface area contributed by atoms with Crippen molar-refractivity contribution in [3.63, 3.8) is 0 Å². The van der Waals surface area contributed by atoms with E-state index in [9.17, 15) is 0 Å². The molecule has 0 fully saturated rings. The molecule has 0 N–H and O–H groups in total. The maximum absolute atomic E-state index is 4.37. The number of hydrogen-bond donors (Lipinski definition) is 0. The average molecular weight is 169 g/mol. The van der Waals surface area contributed by atoms with Crippen LogP contribution in [0.1, 0.15) is 6.42 Å². The highest BCUT2D eigenvalue weighted by Gasteiger charge is 2.13. The second-order valence-corrected chi connectivity index (χ2v) is 3.02. The minimum atomic E-state index is 0.828. The fraction of sp³-hybridized carbons (Fsp3) is 0.100. The molecule has 0 aliphatic carbocycles. The van der Waals surface area contributed by atoms with Crippen molar-refractivity contribution in [3.8, 4) is 0 Å². The van der Waals surface area contributed by atoms with Gasteiger partial charge in [0.15, 0.2) is 5.49 Å². The number of pyridine rings is 1. The molecule has 0 saturated heterocycles. The van der Waals surface area contributed by atoms with Gasteiger partial charge < -0.3 is 0 Å². The highest BCUT2D eigenvalue weighted by molar-refractivity contribution is 5.82. The molecular formula is C10H7N3. The molecule has 0 unspecified atom stereocenters. The molecule has 0 atom stereocenters. The zero-order valence-electron chi connectivity index (χ0n) is 6.94. The Morgan fingerprint density at radius 3 is 3.31 bits per heavy atom. The normalized spacial score (nSPS) is 17.5. The van der Waals surface area contributed by atoms with E-state index in [1.54, 1.807) is 12.4 Å². The molecule has 2 aliphatic heterocycles. The molecule has 0 bridgehead atoms. The highest BCUT2D eigenvalue weighted by Crippen LogP contribution is 2.18. The van der Waals surface area contributed by atoms with Crippen LogP contribution >= 0.6 is 0 Å². The van der Waals surface area contributed by atoms with E-state index in [1.807, 2.05) is 12.3 Å². The van der Waals surface area contributed by atoms with E-state index < -0.39 is 0 Å². The predicted octanol–water partition coefficient (Wildman–Crippen LogP) is 0.181. The Balaban J connectivity index is 2.46. The molecule has 0 amide bonds. The molecule has 3 heterocycles. The van der Waals surface area contributed by atoms with E-state index in [0.29, 0.717) is 0 Å². The van der Waals surface area contributed by atoms with Gasteiger partial charge in [0.05, 0.1) is 11.9 Å². The van der Waals surface area contributed by atoms with Crippen molar-refractivity contribution in [2.45, 2.75) is 6.42 Å². The average Bonchev–Trinajstić information content (AvgIpc) is 2.56. The van der Waals surface area contributed by atoms with Crippen LogP contribution in [-0.4, -0.2) is 11.2 Å². The third kappa shape index (κ3) is 0.869. The maximum Gasteiger partial charge on any atom is 0.160 e. The lowest BCUT2D eigenvalue weighted by Crippen LogP contribution is -2.25. The summed E-state index contributed by atoms with van der Waals surface area (Å²) in [4.78, 5) is 12.6. The largest absolute Gasteiger partial charge is 0.266 e. The lowest BCUT2D eigenvalue weighted by atomic mass is 10.1. The van der Waals surface area contributed by atoms with E-state index in [2.05, 4.69) is 21.0 Å². The van der Waals surface area contributed by atoms with Gasteiger partial charge in [0, 0.05) is 24.1 Å². The van der Waals surface area contributed by atoms with Crippen molar-refractivity contribution in [1.29, 1.82) is 0 Å². The van der Waals surface area contributed by atoms with Gasteiger partial charge in [-0.3, -0.25) is 4.99 Å². The summed E-state index contributed by atoms with van der Waals surface area (Å²) in [5, 5.41) is 1.15. The van der Waals surface area contributed by atoms with Gasteiger partial charge in [-0.25, -0.2) is 9.98 Å². The number of aromatic nitrogens is 1. The number of fused-ring (bicyclic) bond motifs is 2. The lowest BCUT2D eigenvalue weighted by molar-refractivity contribution is 1.13. The van der Waals surface area contributed by atoms with Crippen molar-refractivity contribution in [2.75, 3.05) is 0 Å². The van der Waals surface area contributed by atoms with E-state index >= 15 is 0 Å². The molecule has 0 saturated carbocycles. The molecule has 0 radical (unpaired) electrons. The first-order valence-electron chi connectivity index (χ1n) is 4.20. The van der Waals surface area contributed by atoms with E-state index in [0.717, 1.165) is 22.8 Å². The summed E-state index contributed by atoms with van der Waals surface area (Å²) >= 11 is 0. The first-order valence-corrected chi connectivity index (χ1v) is 4.20. The van der Waals surface area contributed by atoms with Crippen molar-refractivity contribution in [2.24, 2.45) is 9.98 Å². The van der Waals surface area contributed by atoms with Crippen molar-refractivity contribution < 1.29 is 0 Å². The Morgan fingerprint density at radius 2 is 2.31 bits per heavy atom. The topological polar surface area (TPSA) is 37.6 Å². The third-order valence-electron chi connectivity index (χ3n) is 2.24. The first-order chi connectivity index (χ1) is 6.45. The number of rotatable bonds is 0. The van der Waals surface area contributed by atoms with Gasteiger partial charge in [-0.15, -0.1) is 0 Å². The van der Waals surface area contributed by atoms with Crippen LogP contribution < -0.4 is 10.7 Å². The number of nitrogens with zero attached hydrogens (tertiary/aromatic N) is 3. The first kappa shape index (κ1) is 6.71. The Morgan fingerprint density at radius 1 is 1.31 bits per heavy atom. The van der Waals surface area contributed by atoms with Gasteiger partial charge >= 0.3 is 0 Å². The van der Waals surface area contributed by atoms with Gasteiger partial charge in [-0.2, -0.15) is 0 Å². The van der Waals surface area contributed by atoms with Crippen LogP contribution in [0.3, 0.4) is 0 Å². The van der Waals surface area contributed by atoms with E-state index in [-0.39, 0.29) is 0 Å². The fourth-order valence-electron chi connectivity index (χ4n) is 1.63. The number of allylic oxidation sites excluding steroid dienone is 1. The van der Waals surface area contributed by atoms with Gasteiger partial charge in [0.25, 0.3) is 0 Å². The molecule has 3 heteroatoms. The summed E-state index contributed by atoms with van der Waals surface area (Å²) in [6.45, 7) is 0. The van der Waals surface area contributed by atoms with Crippen LogP contribution in [0.4, 0.5) is 0 Å². The molecule has 3 nitrogen and oxygen atoms in total. The summed E-state index contributed by atoms with van der Waals surface area (Å²) < 4.78 is 0. The maximum atomic E-state index is 4.37. The van der Waals surface area contributed by atoms with Crippen LogP contribution in [0, 0.1) is 0 Å². The Labute approximate surface area is 74.9 Å². The predicted molar refractivity (Wildman–Crippen MR) is 49.6 cm³/mol. The Kier molecular flexibility index (Phi) is 1.22. The molecular weight excluding hydrogens is 162 g/mol. The molecule has 62 valence electrons. The molecule has 0 aromatic carbocycles. The zero-order chi connectivity index (χ0) is 8.67. The molecule has 3 rings (SSSR count). The van der Waals surface area contributed by atoms with Gasteiger partial charge in [-0.1, -0.05) is 0 Å². The van der Waals surface area contributed by atoms with E-state index in [4.69, 9.17) is 0 Å². The summed E-state index contributed by atoms with van der Waals surface area (Å²) in [6.07, 6.45) is 6.33. The highest BCUT2D eigenvalue weighted by atomic mass is 14.9. The lowest BCUT2D eigenvalue weighted by Gasteiger charge is -2.02. The van der Waals surface area contributed by atoms with Gasteiger partial charge in [0.2, 0.25) is 0 Å². The van der Waals surface area contributed by atoms with E-state index in [1.165, 1.54) is 5.57 Å². The van der Waals surface area contributed by atoms with Crippen molar-refractivity contribution in [1.82, 2.24) is 4.98 Å². The van der Waals surface area contributed by atoms with Crippen molar-refractivity contribution in [3.05, 3.63) is 40.9 Å². The molecule has 2 aliphatic rings. The molecule has 13 heavy (non-hydrogen) atoms. The minimum Gasteiger partial charge on any atom is -0.266 e. The van der Waals surface area contributed by atoms with Crippen molar-refractivity contribution >= 4 is 11.8 Å². The van der Waals surface area contributed by atoms with Gasteiger partial charge in [-0.05, 0) is 17.7 Å². The molecule has 1 aromatic rings. The molecule has 1 aromatic heterocycles. The summed E-state index contributed by atoms with van der Waals surface area (Å²) in [5.41, 5.74) is 3.04. The number of aliphatic imine (C=N–C) groups is 1. The third-order valence-corrected chi connectivity index (χ3v) is 2.24. The van der Waals surface area contributed by atoms with Crippen LogP contribution in [0.15, 0.2) is 40.2 Å². The SMILES string of the molecule is C1=NC=C2N=c3ncccc3=C2C1. The smallest absolute Gasteiger partial charge is 0.160 e. The van der Waals surface area contributed by atoms with Gasteiger partial charge in [0.1, 0.15) is 0 Å². The van der Waals surface area contributed by atoms with Crippen LogP contribution in [0.25, 0.3) is 5.57 Å². The van der Waals surface area contributed by atoms with Crippen LogP contribution in [-0.2, 0) is 0 Å². The molecule has 0 spiro atoms.